The van der Waals surface area contributed by atoms with Crippen LogP contribution in [0.1, 0.15) is 27.0 Å². The summed E-state index contributed by atoms with van der Waals surface area (Å²) in [5.74, 6) is 0.954. The number of nitrogens with zero attached hydrogens (tertiary/aromatic N) is 2. The molecule has 0 saturated carbocycles. The van der Waals surface area contributed by atoms with Crippen molar-refractivity contribution in [2.24, 2.45) is 4.99 Å². The summed E-state index contributed by atoms with van der Waals surface area (Å²) in [4.78, 5) is 19.1. The highest BCUT2D eigenvalue weighted by molar-refractivity contribution is 6.10. The Kier molecular flexibility index (Phi) is 6.90. The molecule has 7 nitrogen and oxygen atoms in total. The molecule has 7 heteroatoms. The Hall–Kier alpha value is -3.84. The molecule has 33 heavy (non-hydrogen) atoms. The van der Waals surface area contributed by atoms with Gasteiger partial charge in [-0.2, -0.15) is 0 Å². The average molecular weight is 446 g/mol. The lowest BCUT2D eigenvalue weighted by atomic mass is 10.1. The number of hydrogen-bond donors (Lipinski definition) is 1. The van der Waals surface area contributed by atoms with Crippen molar-refractivity contribution < 1.29 is 19.0 Å². The molecule has 1 aliphatic rings. The van der Waals surface area contributed by atoms with Crippen LogP contribution in [-0.4, -0.2) is 39.1 Å². The van der Waals surface area contributed by atoms with Crippen molar-refractivity contribution >= 4 is 23.2 Å². The molecule has 0 spiro atoms. The van der Waals surface area contributed by atoms with Gasteiger partial charge in [0.15, 0.2) is 0 Å². The van der Waals surface area contributed by atoms with Gasteiger partial charge in [-0.15, -0.1) is 0 Å². The van der Waals surface area contributed by atoms with Crippen molar-refractivity contribution in [3.05, 3.63) is 89.0 Å². The van der Waals surface area contributed by atoms with E-state index in [1.165, 1.54) is 7.11 Å². The second-order valence-electron chi connectivity index (χ2n) is 7.64. The third-order valence-electron chi connectivity index (χ3n) is 5.49. The summed E-state index contributed by atoms with van der Waals surface area (Å²) in [5.41, 5.74) is 10.5. The molecule has 0 bridgehead atoms. The summed E-state index contributed by atoms with van der Waals surface area (Å²) in [7, 11) is 3.26. The second kappa shape index (κ2) is 10.2. The van der Waals surface area contributed by atoms with Gasteiger partial charge >= 0.3 is 0 Å². The summed E-state index contributed by atoms with van der Waals surface area (Å²) in [5, 5.41) is 0. The number of nitrogens with two attached hydrogens (primary N) is 1. The van der Waals surface area contributed by atoms with Crippen LogP contribution in [-0.2, 0) is 22.7 Å². The highest BCUT2D eigenvalue weighted by atomic mass is 16.5. The lowest BCUT2D eigenvalue weighted by Crippen LogP contribution is -2.28. The number of aliphatic imine (C=N–C) groups is 1. The molecule has 1 aliphatic heterocycles. The Morgan fingerprint density at radius 1 is 1.06 bits per heavy atom. The third kappa shape index (κ3) is 4.99. The van der Waals surface area contributed by atoms with Crippen molar-refractivity contribution in [3.63, 3.8) is 0 Å². The SMILES string of the molecule is COc1cccc(C(=O)N(C)c2ccccc2COCc2ccc(C3=NCCO3)cc2)c1N. The standard InChI is InChI=1S/C26H27N3O4/c1-29(26(30)21-7-5-9-23(31-2)24(21)27)22-8-4-3-6-20(22)17-32-16-18-10-12-19(13-11-18)25-28-14-15-33-25/h3-13H,14-17,27H2,1-2H3. The summed E-state index contributed by atoms with van der Waals surface area (Å²) < 4.78 is 16.7. The first kappa shape index (κ1) is 22.4. The van der Waals surface area contributed by atoms with Crippen LogP contribution in [0.15, 0.2) is 71.7 Å². The van der Waals surface area contributed by atoms with Gasteiger partial charge in [0.1, 0.15) is 12.4 Å². The molecule has 2 N–H and O–H groups in total. The van der Waals surface area contributed by atoms with Crippen LogP contribution in [0.25, 0.3) is 0 Å². The van der Waals surface area contributed by atoms with Gasteiger partial charge in [-0.3, -0.25) is 4.79 Å². The van der Waals surface area contributed by atoms with Gasteiger partial charge in [0.05, 0.1) is 38.1 Å². The zero-order chi connectivity index (χ0) is 23.2. The van der Waals surface area contributed by atoms with Crippen LogP contribution in [0.3, 0.4) is 0 Å². The van der Waals surface area contributed by atoms with Gasteiger partial charge in [-0.25, -0.2) is 4.99 Å². The van der Waals surface area contributed by atoms with Crippen molar-refractivity contribution in [1.82, 2.24) is 0 Å². The number of ether oxygens (including phenoxy) is 3. The lowest BCUT2D eigenvalue weighted by molar-refractivity contribution is 0.0988. The van der Waals surface area contributed by atoms with Crippen molar-refractivity contribution in [3.8, 4) is 5.75 Å². The Bertz CT molecular complexity index is 1160. The largest absolute Gasteiger partial charge is 0.495 e. The van der Waals surface area contributed by atoms with Crippen LogP contribution in [0, 0.1) is 0 Å². The van der Waals surface area contributed by atoms with Crippen molar-refractivity contribution in [2.45, 2.75) is 13.2 Å². The van der Waals surface area contributed by atoms with Gasteiger partial charge in [-0.05, 0) is 35.9 Å². The average Bonchev–Trinajstić information content (AvgIpc) is 3.39. The summed E-state index contributed by atoms with van der Waals surface area (Å²) >= 11 is 0. The highest BCUT2D eigenvalue weighted by Crippen LogP contribution is 2.28. The van der Waals surface area contributed by atoms with E-state index in [0.717, 1.165) is 22.4 Å². The number of anilines is 2. The fourth-order valence-corrected chi connectivity index (χ4v) is 3.69. The molecule has 170 valence electrons. The van der Waals surface area contributed by atoms with E-state index in [-0.39, 0.29) is 5.91 Å². The quantitative estimate of drug-likeness (QED) is 0.529. The van der Waals surface area contributed by atoms with Gasteiger partial charge in [0, 0.05) is 23.9 Å². The monoisotopic (exact) mass is 445 g/mol. The maximum absolute atomic E-state index is 13.2. The first-order valence-electron chi connectivity index (χ1n) is 10.7. The molecule has 0 atom stereocenters. The van der Waals surface area contributed by atoms with Crippen LogP contribution >= 0.6 is 0 Å². The van der Waals surface area contributed by atoms with Crippen LogP contribution in [0.2, 0.25) is 0 Å². The maximum Gasteiger partial charge on any atom is 0.260 e. The normalized spacial score (nSPS) is 12.7. The van der Waals surface area contributed by atoms with Crippen LogP contribution in [0.4, 0.5) is 11.4 Å². The number of carbonyl (C=O) groups excluding carboxylic acids is 1. The summed E-state index contributed by atoms with van der Waals surface area (Å²) in [6, 6.07) is 20.8. The third-order valence-corrected chi connectivity index (χ3v) is 5.49. The fourth-order valence-electron chi connectivity index (χ4n) is 3.69. The van der Waals surface area contributed by atoms with Crippen LogP contribution < -0.4 is 15.4 Å². The first-order valence-corrected chi connectivity index (χ1v) is 10.7. The smallest absolute Gasteiger partial charge is 0.260 e. The number of methoxy groups -OCH3 is 1. The van der Waals surface area contributed by atoms with E-state index < -0.39 is 0 Å². The molecule has 0 saturated heterocycles. The van der Waals surface area contributed by atoms with E-state index >= 15 is 0 Å². The van der Waals surface area contributed by atoms with Gasteiger partial charge < -0.3 is 24.8 Å². The number of hydrogen-bond acceptors (Lipinski definition) is 6. The molecule has 0 unspecified atom stereocenters. The predicted octanol–water partition coefficient (Wildman–Crippen LogP) is 4.05. The molecular weight excluding hydrogens is 418 g/mol. The van der Waals surface area contributed by atoms with Crippen LogP contribution in [0.5, 0.6) is 5.75 Å². The van der Waals surface area contributed by atoms with E-state index in [1.54, 1.807) is 30.1 Å². The van der Waals surface area contributed by atoms with E-state index in [2.05, 4.69) is 4.99 Å². The van der Waals surface area contributed by atoms with Gasteiger partial charge in [-0.1, -0.05) is 36.4 Å². The number of rotatable bonds is 8. The van der Waals surface area contributed by atoms with Gasteiger partial charge in [0.2, 0.25) is 5.90 Å². The van der Waals surface area contributed by atoms with E-state index in [9.17, 15) is 4.79 Å². The highest BCUT2D eigenvalue weighted by Gasteiger charge is 2.20. The molecule has 0 fully saturated rings. The van der Waals surface area contributed by atoms with Crippen molar-refractivity contribution in [1.29, 1.82) is 0 Å². The number of nitrogen functional groups attached to an aromatic ring is 1. The molecular formula is C26H27N3O4. The molecule has 0 aliphatic carbocycles. The molecule has 1 heterocycles. The summed E-state index contributed by atoms with van der Waals surface area (Å²) in [6.07, 6.45) is 0. The zero-order valence-electron chi connectivity index (χ0n) is 18.8. The number of amides is 1. The minimum atomic E-state index is -0.216. The number of para-hydroxylation sites is 2. The summed E-state index contributed by atoms with van der Waals surface area (Å²) in [6.45, 7) is 2.16. The molecule has 0 aromatic heterocycles. The predicted molar refractivity (Wildman–Crippen MR) is 129 cm³/mol. The number of carbonyl (C=O) groups is 1. The minimum Gasteiger partial charge on any atom is -0.495 e. The zero-order valence-corrected chi connectivity index (χ0v) is 18.8. The topological polar surface area (TPSA) is 86.4 Å². The minimum absolute atomic E-state index is 0.216. The van der Waals surface area contributed by atoms with E-state index in [1.807, 2.05) is 48.5 Å². The molecule has 3 aromatic rings. The van der Waals surface area contributed by atoms with E-state index in [4.69, 9.17) is 19.9 Å². The Morgan fingerprint density at radius 2 is 1.85 bits per heavy atom. The second-order valence-corrected chi connectivity index (χ2v) is 7.64. The molecule has 0 radical (unpaired) electrons. The molecule has 3 aromatic carbocycles. The molecule has 4 rings (SSSR count). The Balaban J connectivity index is 1.42. The maximum atomic E-state index is 13.2. The Morgan fingerprint density at radius 3 is 2.58 bits per heavy atom. The Labute approximate surface area is 193 Å². The lowest BCUT2D eigenvalue weighted by Gasteiger charge is -2.22. The van der Waals surface area contributed by atoms with Gasteiger partial charge in [0.25, 0.3) is 5.91 Å². The molecule has 1 amide bonds. The van der Waals surface area contributed by atoms with E-state index in [0.29, 0.717) is 49.3 Å². The van der Waals surface area contributed by atoms with Crippen molar-refractivity contribution in [2.75, 3.05) is 37.9 Å². The fraction of sp³-hybridized carbons (Fsp3) is 0.231. The first-order chi connectivity index (χ1) is 16.1. The number of benzene rings is 3.